The van der Waals surface area contributed by atoms with Gasteiger partial charge >= 0.3 is 11.9 Å². The van der Waals surface area contributed by atoms with Gasteiger partial charge in [0.1, 0.15) is 5.41 Å². The van der Waals surface area contributed by atoms with E-state index in [2.05, 4.69) is 0 Å². The fraction of sp³-hybridized carbons (Fsp3) is 0.393. The Balaban J connectivity index is 1.50. The minimum atomic E-state index is -1.34. The highest BCUT2D eigenvalue weighted by atomic mass is 16.7. The first-order chi connectivity index (χ1) is 17.9. The van der Waals surface area contributed by atoms with Crippen molar-refractivity contribution in [1.29, 1.82) is 0 Å². The number of hydrogen-bond donors (Lipinski definition) is 0. The van der Waals surface area contributed by atoms with Crippen LogP contribution < -0.4 is 0 Å². The Bertz CT molecular complexity index is 1310. The van der Waals surface area contributed by atoms with Gasteiger partial charge in [-0.1, -0.05) is 48.5 Å². The van der Waals surface area contributed by atoms with Gasteiger partial charge in [0.05, 0.1) is 25.5 Å². The van der Waals surface area contributed by atoms with E-state index in [1.807, 2.05) is 48.5 Å². The van der Waals surface area contributed by atoms with Crippen LogP contribution in [0.25, 0.3) is 10.8 Å². The molecule has 9 nitrogen and oxygen atoms in total. The zero-order chi connectivity index (χ0) is 26.2. The zero-order valence-corrected chi connectivity index (χ0v) is 20.6. The van der Waals surface area contributed by atoms with Crippen molar-refractivity contribution in [2.24, 2.45) is 11.3 Å². The van der Waals surface area contributed by atoms with Crippen LogP contribution in [-0.4, -0.2) is 46.2 Å². The molecular formula is C28H28N2O7. The number of amides is 3. The molecule has 3 amide bonds. The second-order valence-electron chi connectivity index (χ2n) is 9.54. The highest BCUT2D eigenvalue weighted by molar-refractivity contribution is 6.02. The maximum atomic E-state index is 13.9. The smallest absolute Gasteiger partial charge is 0.334 e. The number of likely N-dealkylation sites (tertiary alicyclic amines) is 1. The number of imide groups is 1. The maximum Gasteiger partial charge on any atom is 0.334 e. The Morgan fingerprint density at radius 3 is 2.51 bits per heavy atom. The lowest BCUT2D eigenvalue weighted by molar-refractivity contribution is -0.199. The SMILES string of the molecule is CCOC(=O)[C@@]12CCCC=C1N(Cc1cccc3ccccc13)C(=O)[C@H]2CC(=O)ON1C(=O)CCC1=O. The van der Waals surface area contributed by atoms with Crippen LogP contribution in [0.3, 0.4) is 0 Å². The number of ether oxygens (including phenoxy) is 1. The Hall–Kier alpha value is -4.01. The molecule has 2 aromatic rings. The van der Waals surface area contributed by atoms with E-state index in [-0.39, 0.29) is 31.9 Å². The summed E-state index contributed by atoms with van der Waals surface area (Å²) in [5, 5.41) is 2.48. The minimum Gasteiger partial charge on any atom is -0.465 e. The normalized spacial score (nSPS) is 23.3. The van der Waals surface area contributed by atoms with Gasteiger partial charge in [-0.25, -0.2) is 4.79 Å². The number of allylic oxidation sites excluding steroid dienone is 1. The summed E-state index contributed by atoms with van der Waals surface area (Å²) in [4.78, 5) is 70.9. The van der Waals surface area contributed by atoms with Gasteiger partial charge in [0.25, 0.3) is 11.8 Å². The summed E-state index contributed by atoms with van der Waals surface area (Å²) in [6.45, 7) is 2.04. The third kappa shape index (κ3) is 4.18. The summed E-state index contributed by atoms with van der Waals surface area (Å²) in [7, 11) is 0. The number of fused-ring (bicyclic) bond motifs is 2. The van der Waals surface area contributed by atoms with E-state index in [9.17, 15) is 24.0 Å². The number of esters is 1. The van der Waals surface area contributed by atoms with Crippen molar-refractivity contribution in [3.05, 3.63) is 59.8 Å². The number of carbonyl (C=O) groups excluding carboxylic acids is 5. The third-order valence-corrected chi connectivity index (χ3v) is 7.44. The molecule has 2 aromatic carbocycles. The molecule has 2 fully saturated rings. The van der Waals surface area contributed by atoms with Gasteiger partial charge < -0.3 is 14.5 Å². The monoisotopic (exact) mass is 504 g/mol. The minimum absolute atomic E-state index is 0.0348. The number of benzene rings is 2. The Kier molecular flexibility index (Phi) is 6.54. The Morgan fingerprint density at radius 2 is 1.76 bits per heavy atom. The van der Waals surface area contributed by atoms with Crippen LogP contribution in [0, 0.1) is 11.3 Å². The standard InChI is InChI=1S/C28H28N2O7/c1-2-36-27(35)28-15-6-5-12-22(28)29(17-19-10-7-9-18-8-3-4-11-20(18)19)26(34)21(28)16-25(33)37-30-23(31)13-14-24(30)32/h3-4,7-12,21H,2,5-6,13-17H2,1H3/t21-,28-/m1/s1. The van der Waals surface area contributed by atoms with E-state index in [1.165, 1.54) is 0 Å². The van der Waals surface area contributed by atoms with Crippen LogP contribution in [-0.2, 0) is 40.1 Å². The average molecular weight is 505 g/mol. The van der Waals surface area contributed by atoms with Crippen molar-refractivity contribution in [2.45, 2.75) is 52.0 Å². The highest BCUT2D eigenvalue weighted by Crippen LogP contribution is 2.54. The van der Waals surface area contributed by atoms with Crippen LogP contribution in [0.5, 0.6) is 0 Å². The molecule has 2 saturated heterocycles. The number of nitrogens with zero attached hydrogens (tertiary/aromatic N) is 2. The number of hydroxylamine groups is 2. The van der Waals surface area contributed by atoms with E-state index < -0.39 is 41.5 Å². The highest BCUT2D eigenvalue weighted by Gasteiger charge is 2.62. The van der Waals surface area contributed by atoms with Crippen molar-refractivity contribution in [1.82, 2.24) is 9.96 Å². The molecule has 0 unspecified atom stereocenters. The third-order valence-electron chi connectivity index (χ3n) is 7.44. The molecule has 1 aliphatic carbocycles. The summed E-state index contributed by atoms with van der Waals surface area (Å²) in [6.07, 6.45) is 3.03. The molecule has 5 rings (SSSR count). The van der Waals surface area contributed by atoms with E-state index in [0.29, 0.717) is 30.0 Å². The lowest BCUT2D eigenvalue weighted by atomic mass is 9.68. The number of carbonyl (C=O) groups is 5. The van der Waals surface area contributed by atoms with Crippen LogP contribution >= 0.6 is 0 Å². The van der Waals surface area contributed by atoms with Gasteiger partial charge in [-0.3, -0.25) is 19.2 Å². The number of rotatable bonds is 7. The van der Waals surface area contributed by atoms with Crippen molar-refractivity contribution in [3.63, 3.8) is 0 Å². The molecule has 0 radical (unpaired) electrons. The first-order valence-corrected chi connectivity index (χ1v) is 12.6. The van der Waals surface area contributed by atoms with E-state index in [4.69, 9.17) is 9.57 Å². The largest absolute Gasteiger partial charge is 0.465 e. The average Bonchev–Trinajstić information content (AvgIpc) is 3.34. The van der Waals surface area contributed by atoms with Crippen molar-refractivity contribution in [3.8, 4) is 0 Å². The molecule has 0 N–H and O–H groups in total. The molecule has 192 valence electrons. The zero-order valence-electron chi connectivity index (χ0n) is 20.6. The van der Waals surface area contributed by atoms with Gasteiger partial charge in [0.15, 0.2) is 0 Å². The van der Waals surface area contributed by atoms with Gasteiger partial charge in [0.2, 0.25) is 5.91 Å². The van der Waals surface area contributed by atoms with Crippen molar-refractivity contribution in [2.75, 3.05) is 6.61 Å². The number of hydrogen-bond acceptors (Lipinski definition) is 7. The van der Waals surface area contributed by atoms with Gasteiger partial charge in [-0.15, -0.1) is 5.06 Å². The molecule has 3 aliphatic rings. The van der Waals surface area contributed by atoms with Gasteiger partial charge in [-0.2, -0.15) is 0 Å². The quantitative estimate of drug-likeness (QED) is 0.420. The van der Waals surface area contributed by atoms with Crippen molar-refractivity contribution >= 4 is 40.4 Å². The predicted molar refractivity (Wildman–Crippen MR) is 131 cm³/mol. The lowest BCUT2D eigenvalue weighted by Gasteiger charge is -2.35. The second kappa shape index (κ2) is 9.80. The maximum absolute atomic E-state index is 13.9. The molecule has 9 heteroatoms. The summed E-state index contributed by atoms with van der Waals surface area (Å²) in [6, 6.07) is 13.7. The van der Waals surface area contributed by atoms with Crippen LogP contribution in [0.2, 0.25) is 0 Å². The fourth-order valence-electron chi connectivity index (χ4n) is 5.75. The molecule has 0 spiro atoms. The molecule has 2 aliphatic heterocycles. The van der Waals surface area contributed by atoms with Gasteiger partial charge in [0, 0.05) is 18.5 Å². The van der Waals surface area contributed by atoms with Crippen LogP contribution in [0.1, 0.15) is 51.0 Å². The van der Waals surface area contributed by atoms with Gasteiger partial charge in [-0.05, 0) is 42.5 Å². The molecule has 37 heavy (non-hydrogen) atoms. The summed E-state index contributed by atoms with van der Waals surface area (Å²) >= 11 is 0. The predicted octanol–water partition coefficient (Wildman–Crippen LogP) is 3.41. The molecule has 2 atom stereocenters. The van der Waals surface area contributed by atoms with E-state index >= 15 is 0 Å². The molecule has 0 aromatic heterocycles. The second-order valence-corrected chi connectivity index (χ2v) is 9.54. The Labute approximate surface area is 213 Å². The molecule has 2 heterocycles. The van der Waals surface area contributed by atoms with Crippen molar-refractivity contribution < 1.29 is 33.5 Å². The lowest BCUT2D eigenvalue weighted by Crippen LogP contribution is -2.42. The summed E-state index contributed by atoms with van der Waals surface area (Å²) in [5.41, 5.74) is 0.113. The Morgan fingerprint density at radius 1 is 1.03 bits per heavy atom. The fourth-order valence-corrected chi connectivity index (χ4v) is 5.75. The topological polar surface area (TPSA) is 110 Å². The van der Waals surface area contributed by atoms with Crippen LogP contribution in [0.4, 0.5) is 0 Å². The summed E-state index contributed by atoms with van der Waals surface area (Å²) < 4.78 is 5.45. The molecular weight excluding hydrogens is 476 g/mol. The first-order valence-electron chi connectivity index (χ1n) is 12.6. The van der Waals surface area contributed by atoms with E-state index in [0.717, 1.165) is 16.3 Å². The first kappa shape index (κ1) is 24.7. The molecule has 0 saturated carbocycles. The van der Waals surface area contributed by atoms with E-state index in [1.54, 1.807) is 11.8 Å². The summed E-state index contributed by atoms with van der Waals surface area (Å²) in [5.74, 6) is -4.14. The molecule has 0 bridgehead atoms. The van der Waals surface area contributed by atoms with Crippen LogP contribution in [0.15, 0.2) is 54.2 Å².